The Balaban J connectivity index is 0.000000479. The summed E-state index contributed by atoms with van der Waals surface area (Å²) < 4.78 is 31.7. The molecule has 37 heavy (non-hydrogen) atoms. The van der Waals surface area contributed by atoms with Gasteiger partial charge in [0, 0.05) is 26.1 Å². The Morgan fingerprint density at radius 2 is 1.86 bits per heavy atom. The van der Waals surface area contributed by atoms with Crippen molar-refractivity contribution in [3.63, 3.8) is 0 Å². The second-order valence-electron chi connectivity index (χ2n) is 9.99. The first-order chi connectivity index (χ1) is 17.3. The first-order valence-corrected chi connectivity index (χ1v) is 12.6. The number of thiophene rings is 1. The molecule has 0 saturated carbocycles. The van der Waals surface area contributed by atoms with Crippen LogP contribution < -0.4 is 5.73 Å². The van der Waals surface area contributed by atoms with Crippen LogP contribution in [0.3, 0.4) is 0 Å². The smallest absolute Gasteiger partial charge is 0.475 e. The van der Waals surface area contributed by atoms with Gasteiger partial charge >= 0.3 is 12.1 Å². The van der Waals surface area contributed by atoms with Gasteiger partial charge < -0.3 is 15.7 Å². The molecule has 198 valence electrons. The molecular weight excluding hydrogens is 507 g/mol. The van der Waals surface area contributed by atoms with Gasteiger partial charge in [-0.1, -0.05) is 38.1 Å². The largest absolute Gasteiger partial charge is 0.490 e. The Morgan fingerprint density at radius 3 is 2.41 bits per heavy atom. The van der Waals surface area contributed by atoms with E-state index < -0.39 is 12.1 Å². The molecular formula is C26H28F3N3O4S. The number of hydrogen-bond donors (Lipinski definition) is 2. The highest BCUT2D eigenvalue weighted by molar-refractivity contribution is 7.15. The number of rotatable bonds is 3. The summed E-state index contributed by atoms with van der Waals surface area (Å²) in [5.41, 5.74) is 9.30. The quantitative estimate of drug-likeness (QED) is 0.577. The lowest BCUT2D eigenvalue weighted by atomic mass is 9.74. The molecule has 1 aromatic carbocycles. The maximum Gasteiger partial charge on any atom is 0.490 e. The molecule has 1 fully saturated rings. The molecule has 11 heteroatoms. The van der Waals surface area contributed by atoms with E-state index in [9.17, 15) is 28.0 Å². The van der Waals surface area contributed by atoms with Crippen LogP contribution in [0.5, 0.6) is 0 Å². The average Bonchev–Trinajstić information content (AvgIpc) is 3.21. The Hall–Kier alpha value is -3.23. The van der Waals surface area contributed by atoms with E-state index >= 15 is 0 Å². The van der Waals surface area contributed by atoms with E-state index in [0.717, 1.165) is 24.0 Å². The van der Waals surface area contributed by atoms with Gasteiger partial charge in [0.25, 0.3) is 5.91 Å². The molecule has 2 aliphatic rings. The zero-order chi connectivity index (χ0) is 27.5. The number of benzene rings is 1. The van der Waals surface area contributed by atoms with E-state index in [1.165, 1.54) is 16.9 Å². The van der Waals surface area contributed by atoms with Gasteiger partial charge in [-0.15, -0.1) is 11.3 Å². The summed E-state index contributed by atoms with van der Waals surface area (Å²) in [5, 5.41) is 16.6. The topological polar surface area (TPSA) is 124 Å². The number of carboxylic acid groups (broad SMARTS) is 1. The van der Waals surface area contributed by atoms with Crippen molar-refractivity contribution in [1.82, 2.24) is 4.90 Å². The summed E-state index contributed by atoms with van der Waals surface area (Å²) in [5.74, 6) is -2.37. The fourth-order valence-electron chi connectivity index (χ4n) is 4.78. The molecule has 2 aromatic rings. The molecule has 1 aliphatic heterocycles. The van der Waals surface area contributed by atoms with Crippen molar-refractivity contribution in [3.05, 3.63) is 56.3 Å². The van der Waals surface area contributed by atoms with Crippen LogP contribution >= 0.6 is 11.3 Å². The van der Waals surface area contributed by atoms with Crippen molar-refractivity contribution in [2.24, 2.45) is 11.1 Å². The summed E-state index contributed by atoms with van der Waals surface area (Å²) in [6.07, 6.45) is -2.19. The Bertz CT molecular complexity index is 1240. The SMILES string of the molecule is CC1(C)CC(=O)c2c(C#N)sc(C(=O)N3CCC(c4cccc(CN)c4)CC3)c2C1.O=C(O)C(F)(F)F. The lowest BCUT2D eigenvalue weighted by Gasteiger charge is -2.33. The van der Waals surface area contributed by atoms with Gasteiger partial charge in [0.05, 0.1) is 10.4 Å². The number of fused-ring (bicyclic) bond motifs is 1. The molecule has 0 radical (unpaired) electrons. The highest BCUT2D eigenvalue weighted by Crippen LogP contribution is 2.42. The molecule has 0 atom stereocenters. The summed E-state index contributed by atoms with van der Waals surface area (Å²) in [4.78, 5) is 37.8. The number of hydrogen-bond acceptors (Lipinski definition) is 6. The van der Waals surface area contributed by atoms with E-state index in [4.69, 9.17) is 15.6 Å². The summed E-state index contributed by atoms with van der Waals surface area (Å²) in [6.45, 7) is 6.00. The maximum absolute atomic E-state index is 13.4. The van der Waals surface area contributed by atoms with Gasteiger partial charge in [0.1, 0.15) is 10.9 Å². The van der Waals surface area contributed by atoms with E-state index in [0.29, 0.717) is 53.7 Å². The number of amides is 1. The molecule has 1 amide bonds. The monoisotopic (exact) mass is 535 g/mol. The zero-order valence-electron chi connectivity index (χ0n) is 20.5. The number of ketones is 1. The number of aliphatic carboxylic acids is 1. The molecule has 0 bridgehead atoms. The van der Waals surface area contributed by atoms with Crippen molar-refractivity contribution < 1.29 is 32.7 Å². The third kappa shape index (κ3) is 6.56. The molecule has 1 aromatic heterocycles. The molecule has 3 N–H and O–H groups in total. The van der Waals surface area contributed by atoms with E-state index in [1.54, 1.807) is 0 Å². The van der Waals surface area contributed by atoms with Crippen molar-refractivity contribution in [2.45, 2.75) is 58.2 Å². The highest BCUT2D eigenvalue weighted by atomic mass is 32.1. The number of nitrogens with zero attached hydrogens (tertiary/aromatic N) is 2. The minimum absolute atomic E-state index is 0.00778. The average molecular weight is 536 g/mol. The van der Waals surface area contributed by atoms with E-state index in [-0.39, 0.29) is 17.1 Å². The van der Waals surface area contributed by atoms with Gasteiger partial charge in [0.15, 0.2) is 5.78 Å². The number of alkyl halides is 3. The molecule has 4 rings (SSSR count). The first-order valence-electron chi connectivity index (χ1n) is 11.7. The fourth-order valence-corrected chi connectivity index (χ4v) is 5.88. The number of nitrogens with two attached hydrogens (primary N) is 1. The van der Waals surface area contributed by atoms with Gasteiger partial charge in [-0.2, -0.15) is 18.4 Å². The minimum Gasteiger partial charge on any atom is -0.475 e. The highest BCUT2D eigenvalue weighted by Gasteiger charge is 2.39. The number of likely N-dealkylation sites (tertiary alicyclic amines) is 1. The van der Waals surface area contributed by atoms with Crippen molar-refractivity contribution >= 4 is 29.0 Å². The summed E-state index contributed by atoms with van der Waals surface area (Å²) in [7, 11) is 0. The second kappa shape index (κ2) is 11.0. The van der Waals surface area contributed by atoms with Crippen LogP contribution in [0.2, 0.25) is 0 Å². The number of nitriles is 1. The Morgan fingerprint density at radius 1 is 1.24 bits per heavy atom. The first kappa shape index (κ1) is 28.3. The normalized spacial score (nSPS) is 17.3. The van der Waals surface area contributed by atoms with E-state index in [2.05, 4.69) is 24.3 Å². The molecule has 1 saturated heterocycles. The Kier molecular flexibility index (Phi) is 8.45. The second-order valence-corrected chi connectivity index (χ2v) is 11.0. The fraction of sp³-hybridized carbons (Fsp3) is 0.462. The Labute approximate surface area is 216 Å². The van der Waals surface area contributed by atoms with Crippen LogP contribution in [0.1, 0.15) is 80.6 Å². The molecule has 0 spiro atoms. The lowest BCUT2D eigenvalue weighted by Crippen LogP contribution is -2.38. The van der Waals surface area contributed by atoms with Crippen molar-refractivity contribution in [2.75, 3.05) is 13.1 Å². The number of halogens is 3. The zero-order valence-corrected chi connectivity index (χ0v) is 21.3. The summed E-state index contributed by atoms with van der Waals surface area (Å²) >= 11 is 1.20. The van der Waals surface area contributed by atoms with Crippen molar-refractivity contribution in [3.8, 4) is 6.07 Å². The van der Waals surface area contributed by atoms with Gasteiger partial charge in [-0.3, -0.25) is 9.59 Å². The van der Waals surface area contributed by atoms with Crippen LogP contribution in [0.15, 0.2) is 24.3 Å². The predicted molar refractivity (Wildman–Crippen MR) is 131 cm³/mol. The van der Waals surface area contributed by atoms with Crippen LogP contribution in [0.4, 0.5) is 13.2 Å². The summed E-state index contributed by atoms with van der Waals surface area (Å²) in [6, 6.07) is 10.6. The van der Waals surface area contributed by atoms with Gasteiger partial charge in [-0.25, -0.2) is 4.79 Å². The predicted octanol–water partition coefficient (Wildman–Crippen LogP) is 4.89. The van der Waals surface area contributed by atoms with Crippen LogP contribution in [0.25, 0.3) is 0 Å². The molecule has 7 nitrogen and oxygen atoms in total. The van der Waals surface area contributed by atoms with Gasteiger partial charge in [-0.05, 0) is 47.3 Å². The molecule has 0 unspecified atom stereocenters. The van der Waals surface area contributed by atoms with E-state index in [1.807, 2.05) is 24.8 Å². The minimum atomic E-state index is -5.08. The maximum atomic E-state index is 13.4. The number of carbonyl (C=O) groups excluding carboxylic acids is 2. The van der Waals surface area contributed by atoms with Crippen LogP contribution in [-0.4, -0.2) is 46.9 Å². The third-order valence-corrected chi connectivity index (χ3v) is 7.68. The third-order valence-electron chi connectivity index (χ3n) is 6.56. The molecule has 1 aliphatic carbocycles. The number of piperidine rings is 1. The number of carbonyl (C=O) groups is 3. The lowest BCUT2D eigenvalue weighted by molar-refractivity contribution is -0.192. The van der Waals surface area contributed by atoms with Crippen LogP contribution in [0, 0.1) is 16.7 Å². The number of Topliss-reactive ketones (excluding diaryl/α,β-unsaturated/α-hetero) is 1. The molecule has 2 heterocycles. The van der Waals surface area contributed by atoms with Gasteiger partial charge in [0.2, 0.25) is 0 Å². The van der Waals surface area contributed by atoms with Crippen molar-refractivity contribution in [1.29, 1.82) is 5.26 Å². The standard InChI is InChI=1S/C24H27N3O2S.C2HF3O2/c1-24(2)11-18-21(19(28)12-24)20(14-26)30-22(18)23(29)27-8-6-16(7-9-27)17-5-3-4-15(10-17)13-25;3-2(4,5)1(6)7/h3-5,10,16H,6-9,11-13,25H2,1-2H3;(H,6,7). The number of carboxylic acids is 1. The van der Waals surface area contributed by atoms with Crippen LogP contribution in [-0.2, 0) is 17.8 Å².